The molecule has 4 nitrogen and oxygen atoms in total. The van der Waals surface area contributed by atoms with Crippen LogP contribution < -0.4 is 0 Å². The number of hydrogen-bond acceptors (Lipinski definition) is 3. The predicted molar refractivity (Wildman–Crippen MR) is 47.7 cm³/mol. The van der Waals surface area contributed by atoms with Gasteiger partial charge in [-0.25, -0.2) is 0 Å². The van der Waals surface area contributed by atoms with Gasteiger partial charge in [0.05, 0.1) is 11.0 Å². The van der Waals surface area contributed by atoms with Gasteiger partial charge in [-0.15, -0.1) is 0 Å². The van der Waals surface area contributed by atoms with E-state index < -0.39 is 4.92 Å². The van der Waals surface area contributed by atoms with Crippen LogP contribution in [0.15, 0.2) is 30.3 Å². The van der Waals surface area contributed by atoms with Crippen molar-refractivity contribution >= 4 is 11.8 Å². The molecule has 0 fully saturated rings. The number of allylic oxidation sites excluding steroid dienone is 1. The van der Waals surface area contributed by atoms with Crippen LogP contribution in [0.3, 0.4) is 0 Å². The molecule has 0 bridgehead atoms. The van der Waals surface area contributed by atoms with Gasteiger partial charge in [0.25, 0.3) is 5.69 Å². The molecule has 4 heteroatoms. The number of nitro benzene ring substituents is 1. The van der Waals surface area contributed by atoms with Crippen LogP contribution in [0.25, 0.3) is 6.08 Å². The quantitative estimate of drug-likeness (QED) is 0.392. The zero-order valence-electron chi connectivity index (χ0n) is 6.68. The molecule has 0 atom stereocenters. The molecule has 1 rings (SSSR count). The molecule has 0 amide bonds. The third kappa shape index (κ3) is 2.42. The van der Waals surface area contributed by atoms with E-state index in [1.165, 1.54) is 24.3 Å². The molecule has 0 N–H and O–H groups in total. The lowest BCUT2D eigenvalue weighted by Gasteiger charge is -1.92. The molecule has 0 radical (unpaired) electrons. The summed E-state index contributed by atoms with van der Waals surface area (Å²) in [5.74, 6) is 0. The van der Waals surface area contributed by atoms with Crippen LogP contribution in [0, 0.1) is 21.4 Å². The van der Waals surface area contributed by atoms with Crippen LogP contribution in [-0.4, -0.2) is 4.92 Å². The van der Waals surface area contributed by atoms with Crippen LogP contribution in [0.1, 0.15) is 5.56 Å². The first-order valence-corrected chi connectivity index (χ1v) is 3.54. The first-order valence-electron chi connectivity index (χ1n) is 3.54. The molecule has 0 spiro atoms. The van der Waals surface area contributed by atoms with Gasteiger partial charge in [-0.05, 0) is 11.6 Å². The van der Waals surface area contributed by atoms with E-state index >= 15 is 0 Å². The van der Waals surface area contributed by atoms with Gasteiger partial charge < -0.3 is 0 Å². The number of rotatable bonds is 2. The summed E-state index contributed by atoms with van der Waals surface area (Å²) in [4.78, 5) is 9.87. The Kier molecular flexibility index (Phi) is 2.77. The summed E-state index contributed by atoms with van der Waals surface area (Å²) in [6.45, 7) is 0. The van der Waals surface area contributed by atoms with Gasteiger partial charge in [0.1, 0.15) is 0 Å². The fourth-order valence-corrected chi connectivity index (χ4v) is 0.876. The summed E-state index contributed by atoms with van der Waals surface area (Å²) in [5, 5.41) is 18.6. The molecule has 13 heavy (non-hydrogen) atoms. The number of non-ortho nitro benzene ring substituents is 1. The second-order valence-electron chi connectivity index (χ2n) is 2.31. The van der Waals surface area contributed by atoms with Gasteiger partial charge in [-0.1, -0.05) is 12.1 Å². The molecule has 1 aromatic carbocycles. The smallest absolute Gasteiger partial charge is 0.258 e. The van der Waals surface area contributed by atoms with Crippen molar-refractivity contribution < 1.29 is 4.92 Å². The first-order chi connectivity index (χ1) is 6.24. The average Bonchev–Trinajstić information content (AvgIpc) is 2.15. The van der Waals surface area contributed by atoms with Gasteiger partial charge in [0.2, 0.25) is 0 Å². The summed E-state index contributed by atoms with van der Waals surface area (Å²) in [5.41, 5.74) is 0.677. The lowest BCUT2D eigenvalue weighted by molar-refractivity contribution is -0.384. The molecule has 0 aliphatic carbocycles. The minimum absolute atomic E-state index is 0.0279. The average molecular weight is 174 g/mol. The molecule has 0 aliphatic rings. The fraction of sp³-hybridized carbons (Fsp3) is 0. The van der Waals surface area contributed by atoms with E-state index in [2.05, 4.69) is 0 Å². The van der Waals surface area contributed by atoms with E-state index in [9.17, 15) is 10.1 Å². The van der Waals surface area contributed by atoms with Crippen molar-refractivity contribution in [3.05, 3.63) is 46.0 Å². The Morgan fingerprint density at radius 1 is 1.54 bits per heavy atom. The van der Waals surface area contributed by atoms with Crippen LogP contribution in [0.5, 0.6) is 0 Å². The number of nitriles is 1. The van der Waals surface area contributed by atoms with E-state index in [-0.39, 0.29) is 5.69 Å². The molecular weight excluding hydrogens is 168 g/mol. The maximum Gasteiger partial charge on any atom is 0.270 e. The third-order valence-corrected chi connectivity index (χ3v) is 1.43. The number of hydrogen-bond donors (Lipinski definition) is 0. The van der Waals surface area contributed by atoms with Crippen molar-refractivity contribution in [2.24, 2.45) is 0 Å². The zero-order valence-corrected chi connectivity index (χ0v) is 6.68. The molecule has 0 aliphatic heterocycles. The zero-order chi connectivity index (χ0) is 9.68. The fourth-order valence-electron chi connectivity index (χ4n) is 0.876. The minimum Gasteiger partial charge on any atom is -0.258 e. The van der Waals surface area contributed by atoms with Crippen LogP contribution >= 0.6 is 0 Å². The monoisotopic (exact) mass is 174 g/mol. The van der Waals surface area contributed by atoms with E-state index in [0.717, 1.165) is 0 Å². The lowest BCUT2D eigenvalue weighted by Crippen LogP contribution is -1.87. The second-order valence-corrected chi connectivity index (χ2v) is 2.31. The number of benzene rings is 1. The van der Waals surface area contributed by atoms with E-state index in [0.29, 0.717) is 5.56 Å². The van der Waals surface area contributed by atoms with E-state index in [1.54, 1.807) is 12.1 Å². The predicted octanol–water partition coefficient (Wildman–Crippen LogP) is 2.13. The standard InChI is InChI=1S/C9H6N2O2/c10-6-2-4-8-3-1-5-9(7-8)11(12)13/h1-5,7H/b4-2+. The summed E-state index contributed by atoms with van der Waals surface area (Å²) >= 11 is 0. The largest absolute Gasteiger partial charge is 0.270 e. The van der Waals surface area contributed by atoms with Crippen molar-refractivity contribution in [2.75, 3.05) is 0 Å². The van der Waals surface area contributed by atoms with Crippen LogP contribution in [-0.2, 0) is 0 Å². The highest BCUT2D eigenvalue weighted by atomic mass is 16.6. The van der Waals surface area contributed by atoms with Crippen molar-refractivity contribution in [3.63, 3.8) is 0 Å². The summed E-state index contributed by atoms with van der Waals surface area (Å²) < 4.78 is 0. The Hall–Kier alpha value is -2.15. The highest BCUT2D eigenvalue weighted by Gasteiger charge is 2.02. The van der Waals surface area contributed by atoms with Gasteiger partial charge in [0, 0.05) is 18.2 Å². The summed E-state index contributed by atoms with van der Waals surface area (Å²) in [6.07, 6.45) is 2.80. The third-order valence-electron chi connectivity index (χ3n) is 1.43. The topological polar surface area (TPSA) is 66.9 Å². The van der Waals surface area contributed by atoms with Gasteiger partial charge in [-0.3, -0.25) is 10.1 Å². The van der Waals surface area contributed by atoms with Crippen LogP contribution in [0.4, 0.5) is 5.69 Å². The molecule has 1 aromatic rings. The summed E-state index contributed by atoms with van der Waals surface area (Å²) in [6, 6.07) is 7.91. The Morgan fingerprint density at radius 2 is 2.31 bits per heavy atom. The Morgan fingerprint density at radius 3 is 2.92 bits per heavy atom. The van der Waals surface area contributed by atoms with E-state index in [1.807, 2.05) is 6.07 Å². The maximum atomic E-state index is 10.3. The SMILES string of the molecule is N#C/C=C/c1cccc([N+](=O)[O-])c1. The molecule has 64 valence electrons. The van der Waals surface area contributed by atoms with Crippen molar-refractivity contribution in [1.29, 1.82) is 5.26 Å². The number of nitro groups is 1. The highest BCUT2D eigenvalue weighted by molar-refractivity contribution is 5.55. The molecule has 0 heterocycles. The Bertz CT molecular complexity index is 391. The van der Waals surface area contributed by atoms with Gasteiger partial charge in [0.15, 0.2) is 0 Å². The number of nitrogens with zero attached hydrogens (tertiary/aromatic N) is 2. The second kappa shape index (κ2) is 4.02. The highest BCUT2D eigenvalue weighted by Crippen LogP contribution is 2.13. The van der Waals surface area contributed by atoms with Crippen molar-refractivity contribution in [2.45, 2.75) is 0 Å². The molecule has 0 unspecified atom stereocenters. The van der Waals surface area contributed by atoms with Crippen molar-refractivity contribution in [3.8, 4) is 6.07 Å². The molecular formula is C9H6N2O2. The maximum absolute atomic E-state index is 10.3. The normalized spacial score (nSPS) is 9.77. The van der Waals surface area contributed by atoms with Crippen molar-refractivity contribution in [1.82, 2.24) is 0 Å². The summed E-state index contributed by atoms with van der Waals surface area (Å²) in [7, 11) is 0. The lowest BCUT2D eigenvalue weighted by atomic mass is 10.2. The van der Waals surface area contributed by atoms with Gasteiger partial charge in [-0.2, -0.15) is 5.26 Å². The van der Waals surface area contributed by atoms with E-state index in [4.69, 9.17) is 5.26 Å². The molecule has 0 aromatic heterocycles. The molecule has 0 saturated heterocycles. The first kappa shape index (κ1) is 8.94. The van der Waals surface area contributed by atoms with Gasteiger partial charge >= 0.3 is 0 Å². The van der Waals surface area contributed by atoms with Crippen LogP contribution in [0.2, 0.25) is 0 Å². The Balaban J connectivity index is 3.00. The Labute approximate surface area is 74.9 Å². The minimum atomic E-state index is -0.469. The molecule has 0 saturated carbocycles.